The minimum absolute atomic E-state index is 0.00329. The predicted molar refractivity (Wildman–Crippen MR) is 69.0 cm³/mol. The van der Waals surface area contributed by atoms with E-state index in [1.54, 1.807) is 0 Å². The van der Waals surface area contributed by atoms with E-state index < -0.39 is 11.8 Å². The SMILES string of the molecule is CC(C)N1C(=O)C2C3CC4C(OC1(C(C)C)C42)C3O. The van der Waals surface area contributed by atoms with Gasteiger partial charge in [-0.1, -0.05) is 13.8 Å². The first-order valence-corrected chi connectivity index (χ1v) is 7.60. The molecule has 2 saturated carbocycles. The van der Waals surface area contributed by atoms with Gasteiger partial charge in [-0.2, -0.15) is 0 Å². The quantitative estimate of drug-likeness (QED) is 0.817. The molecular formula is C15H23NO3. The number of hydrogen-bond donors (Lipinski definition) is 1. The van der Waals surface area contributed by atoms with E-state index in [0.717, 1.165) is 6.42 Å². The summed E-state index contributed by atoms with van der Waals surface area (Å²) in [5, 5.41) is 10.4. The van der Waals surface area contributed by atoms with Crippen LogP contribution in [0.1, 0.15) is 34.1 Å². The van der Waals surface area contributed by atoms with E-state index in [-0.39, 0.29) is 35.8 Å². The van der Waals surface area contributed by atoms with Gasteiger partial charge in [-0.15, -0.1) is 0 Å². The zero-order valence-electron chi connectivity index (χ0n) is 12.0. The molecule has 2 heterocycles. The monoisotopic (exact) mass is 265 g/mol. The molecule has 1 amide bonds. The maximum absolute atomic E-state index is 12.8. The fraction of sp³-hybridized carbons (Fsp3) is 0.933. The molecule has 0 aromatic rings. The molecule has 0 radical (unpaired) electrons. The van der Waals surface area contributed by atoms with Gasteiger partial charge in [-0.3, -0.25) is 4.79 Å². The van der Waals surface area contributed by atoms with Crippen LogP contribution in [0.15, 0.2) is 0 Å². The van der Waals surface area contributed by atoms with Crippen molar-refractivity contribution in [1.82, 2.24) is 4.90 Å². The Labute approximate surface area is 114 Å². The highest BCUT2D eigenvalue weighted by atomic mass is 16.6. The van der Waals surface area contributed by atoms with Crippen LogP contribution in [-0.4, -0.2) is 39.9 Å². The van der Waals surface area contributed by atoms with Gasteiger partial charge in [0.2, 0.25) is 5.91 Å². The van der Waals surface area contributed by atoms with Crippen molar-refractivity contribution >= 4 is 5.91 Å². The Balaban J connectivity index is 1.89. The minimum Gasteiger partial charge on any atom is -0.390 e. The van der Waals surface area contributed by atoms with E-state index >= 15 is 0 Å². The van der Waals surface area contributed by atoms with Crippen molar-refractivity contribution in [1.29, 1.82) is 0 Å². The van der Waals surface area contributed by atoms with E-state index in [2.05, 4.69) is 27.7 Å². The number of ether oxygens (including phenoxy) is 1. The van der Waals surface area contributed by atoms with E-state index in [0.29, 0.717) is 11.8 Å². The number of amides is 1. The number of hydrogen-bond acceptors (Lipinski definition) is 3. The number of rotatable bonds is 2. The molecule has 4 nitrogen and oxygen atoms in total. The molecule has 0 spiro atoms. The Morgan fingerprint density at radius 1 is 1.32 bits per heavy atom. The summed E-state index contributed by atoms with van der Waals surface area (Å²) in [5.41, 5.74) is -0.461. The van der Waals surface area contributed by atoms with Crippen LogP contribution in [0.25, 0.3) is 0 Å². The summed E-state index contributed by atoms with van der Waals surface area (Å²) in [5.74, 6) is 1.32. The molecule has 4 rings (SSSR count). The summed E-state index contributed by atoms with van der Waals surface area (Å²) in [6.07, 6.45) is 0.515. The molecule has 4 fully saturated rings. The second kappa shape index (κ2) is 3.34. The van der Waals surface area contributed by atoms with Crippen molar-refractivity contribution in [2.75, 3.05) is 0 Å². The van der Waals surface area contributed by atoms with Gasteiger partial charge in [0.15, 0.2) is 0 Å². The second-order valence-corrected chi connectivity index (χ2v) is 7.40. The van der Waals surface area contributed by atoms with Gasteiger partial charge in [0.1, 0.15) is 5.72 Å². The highest BCUT2D eigenvalue weighted by Gasteiger charge is 2.79. The van der Waals surface area contributed by atoms with Gasteiger partial charge >= 0.3 is 0 Å². The molecule has 0 aromatic heterocycles. The summed E-state index contributed by atoms with van der Waals surface area (Å²) in [6, 6.07) is 0.163. The molecule has 7 unspecified atom stereocenters. The largest absolute Gasteiger partial charge is 0.390 e. The molecule has 0 aromatic carbocycles. The topological polar surface area (TPSA) is 49.8 Å². The van der Waals surface area contributed by atoms with Crippen LogP contribution in [0.3, 0.4) is 0 Å². The van der Waals surface area contributed by atoms with Gasteiger partial charge in [0.25, 0.3) is 0 Å². The summed E-state index contributed by atoms with van der Waals surface area (Å²) in [7, 11) is 0. The third kappa shape index (κ3) is 1.06. The molecule has 106 valence electrons. The fourth-order valence-corrected chi connectivity index (χ4v) is 5.69. The molecule has 2 aliphatic carbocycles. The zero-order valence-corrected chi connectivity index (χ0v) is 12.0. The second-order valence-electron chi connectivity index (χ2n) is 7.40. The number of aliphatic hydroxyl groups excluding tert-OH is 1. The number of carbonyl (C=O) groups excluding carboxylic acids is 1. The van der Waals surface area contributed by atoms with Crippen LogP contribution in [0.4, 0.5) is 0 Å². The number of fused-ring (bicyclic) bond motifs is 2. The Morgan fingerprint density at radius 3 is 2.58 bits per heavy atom. The van der Waals surface area contributed by atoms with Gasteiger partial charge in [0.05, 0.1) is 18.1 Å². The van der Waals surface area contributed by atoms with Crippen LogP contribution >= 0.6 is 0 Å². The number of aliphatic hydroxyl groups is 1. The number of carbonyl (C=O) groups is 1. The normalized spacial score (nSPS) is 54.3. The Hall–Kier alpha value is -0.610. The average Bonchev–Trinajstić information content (AvgIpc) is 2.94. The summed E-state index contributed by atoms with van der Waals surface area (Å²) in [4.78, 5) is 14.8. The lowest BCUT2D eigenvalue weighted by Crippen LogP contribution is -2.56. The highest BCUT2D eigenvalue weighted by molar-refractivity contribution is 5.85. The maximum atomic E-state index is 12.8. The molecule has 4 aliphatic rings. The maximum Gasteiger partial charge on any atom is 0.229 e. The molecular weight excluding hydrogens is 242 g/mol. The van der Waals surface area contributed by atoms with Crippen molar-refractivity contribution in [3.63, 3.8) is 0 Å². The van der Waals surface area contributed by atoms with Crippen molar-refractivity contribution in [3.05, 3.63) is 0 Å². The first-order valence-electron chi connectivity index (χ1n) is 7.60. The summed E-state index contributed by atoms with van der Waals surface area (Å²) < 4.78 is 6.39. The third-order valence-electron chi connectivity index (χ3n) is 6.10. The van der Waals surface area contributed by atoms with Crippen LogP contribution < -0.4 is 0 Å². The fourth-order valence-electron chi connectivity index (χ4n) is 5.69. The van der Waals surface area contributed by atoms with Crippen molar-refractivity contribution < 1.29 is 14.6 Å². The van der Waals surface area contributed by atoms with Gasteiger partial charge in [-0.25, -0.2) is 0 Å². The molecule has 19 heavy (non-hydrogen) atoms. The first-order chi connectivity index (χ1) is 8.91. The van der Waals surface area contributed by atoms with Crippen molar-refractivity contribution in [3.8, 4) is 0 Å². The Bertz CT molecular complexity index is 449. The zero-order chi connectivity index (χ0) is 13.7. The highest BCUT2D eigenvalue weighted by Crippen LogP contribution is 2.69. The first kappa shape index (κ1) is 12.2. The van der Waals surface area contributed by atoms with Crippen LogP contribution in [-0.2, 0) is 9.53 Å². The standard InChI is InChI=1S/C15H23NO3/c1-6(2)15-11-9-5-8(12(17)13(9)19-15)10(11)14(18)16(15)7(3)4/h6-13,17H,5H2,1-4H3. The number of nitrogens with zero attached hydrogens (tertiary/aromatic N) is 1. The molecule has 7 atom stereocenters. The molecule has 1 N–H and O–H groups in total. The van der Waals surface area contributed by atoms with Gasteiger partial charge in [-0.05, 0) is 32.1 Å². The smallest absolute Gasteiger partial charge is 0.229 e. The third-order valence-corrected chi connectivity index (χ3v) is 6.10. The van der Waals surface area contributed by atoms with Gasteiger partial charge in [0, 0.05) is 17.9 Å². The average molecular weight is 265 g/mol. The lowest BCUT2D eigenvalue weighted by atomic mass is 9.74. The van der Waals surface area contributed by atoms with Gasteiger partial charge < -0.3 is 14.7 Å². The van der Waals surface area contributed by atoms with Crippen LogP contribution in [0.5, 0.6) is 0 Å². The lowest BCUT2D eigenvalue weighted by molar-refractivity contribution is -0.199. The lowest BCUT2D eigenvalue weighted by Gasteiger charge is -2.44. The molecule has 2 saturated heterocycles. The van der Waals surface area contributed by atoms with E-state index in [1.807, 2.05) is 4.90 Å². The minimum atomic E-state index is -0.461. The van der Waals surface area contributed by atoms with E-state index in [1.165, 1.54) is 0 Å². The van der Waals surface area contributed by atoms with Crippen molar-refractivity contribution in [2.24, 2.45) is 29.6 Å². The van der Waals surface area contributed by atoms with E-state index in [4.69, 9.17) is 4.74 Å². The van der Waals surface area contributed by atoms with E-state index in [9.17, 15) is 9.90 Å². The predicted octanol–water partition coefficient (Wildman–Crippen LogP) is 1.23. The Morgan fingerprint density at radius 2 is 2.00 bits per heavy atom. The molecule has 2 aliphatic heterocycles. The van der Waals surface area contributed by atoms with Crippen LogP contribution in [0, 0.1) is 29.6 Å². The van der Waals surface area contributed by atoms with Crippen molar-refractivity contribution in [2.45, 2.75) is 58.1 Å². The Kier molecular flexibility index (Phi) is 2.14. The molecule has 4 heteroatoms. The molecule has 2 bridgehead atoms. The number of likely N-dealkylation sites (tertiary alicyclic amines) is 1. The summed E-state index contributed by atoms with van der Waals surface area (Å²) in [6.45, 7) is 8.44. The van der Waals surface area contributed by atoms with Crippen LogP contribution in [0.2, 0.25) is 0 Å². The summed E-state index contributed by atoms with van der Waals surface area (Å²) >= 11 is 0.